The summed E-state index contributed by atoms with van der Waals surface area (Å²) in [6.45, 7) is 0.885. The van der Waals surface area contributed by atoms with Gasteiger partial charge in [-0.25, -0.2) is 0 Å². The number of likely N-dealkylation sites (tertiary alicyclic amines) is 1. The molecule has 3 rings (SSSR count). The monoisotopic (exact) mass is 350 g/mol. The van der Waals surface area contributed by atoms with Crippen LogP contribution < -0.4 is 0 Å². The highest BCUT2D eigenvalue weighted by Gasteiger charge is 2.27. The Bertz CT molecular complexity index is 813. The van der Waals surface area contributed by atoms with Gasteiger partial charge in [0.05, 0.1) is 16.7 Å². The molecule has 1 aromatic carbocycles. The molecule has 0 saturated carbocycles. The van der Waals surface area contributed by atoms with Crippen molar-refractivity contribution in [3.05, 3.63) is 27.8 Å². The van der Waals surface area contributed by atoms with Gasteiger partial charge in [-0.3, -0.25) is 19.7 Å². The summed E-state index contributed by atoms with van der Waals surface area (Å²) in [5.74, 6) is -1.08. The number of carboxylic acids is 1. The van der Waals surface area contributed by atoms with Crippen LogP contribution in [0.3, 0.4) is 0 Å². The van der Waals surface area contributed by atoms with Crippen molar-refractivity contribution >= 4 is 40.3 Å². The van der Waals surface area contributed by atoms with E-state index in [4.69, 9.17) is 5.11 Å². The van der Waals surface area contributed by atoms with E-state index in [0.717, 1.165) is 11.7 Å². The van der Waals surface area contributed by atoms with Gasteiger partial charge in [-0.05, 0) is 24.8 Å². The van der Waals surface area contributed by atoms with E-state index in [-0.39, 0.29) is 35.0 Å². The molecule has 1 aromatic heterocycles. The molecule has 0 spiro atoms. The average molecular weight is 350 g/mol. The van der Waals surface area contributed by atoms with E-state index in [9.17, 15) is 19.7 Å². The topological polar surface area (TPSA) is 127 Å². The molecule has 1 N–H and O–H groups in total. The van der Waals surface area contributed by atoms with Gasteiger partial charge in [-0.1, -0.05) is 0 Å². The number of carboxylic acid groups (broad SMARTS) is 1. The highest BCUT2D eigenvalue weighted by molar-refractivity contribution is 7.00. The Labute approximate surface area is 140 Å². The number of non-ortho nitro benzene ring substituents is 1. The number of nitro benzene ring substituents is 1. The highest BCUT2D eigenvalue weighted by Crippen LogP contribution is 2.28. The van der Waals surface area contributed by atoms with Crippen LogP contribution in [0.2, 0.25) is 0 Å². The fraction of sp³-hybridized carbons (Fsp3) is 0.429. The Kier molecular flexibility index (Phi) is 4.38. The van der Waals surface area contributed by atoms with Gasteiger partial charge in [0.15, 0.2) is 5.52 Å². The van der Waals surface area contributed by atoms with Gasteiger partial charge in [0.2, 0.25) is 0 Å². The maximum absolute atomic E-state index is 12.6. The van der Waals surface area contributed by atoms with Crippen molar-refractivity contribution in [3.63, 3.8) is 0 Å². The van der Waals surface area contributed by atoms with Gasteiger partial charge in [-0.15, -0.1) is 0 Å². The standard InChI is InChI=1S/C14H14N4O5S/c19-12(20)5-8-1-3-17(4-2-8)14(21)9-6-10-13(16-24-15-10)11(7-9)18(22)23/h6-8H,1-5H2,(H,19,20). The smallest absolute Gasteiger partial charge is 0.303 e. The summed E-state index contributed by atoms with van der Waals surface area (Å²) in [5.41, 5.74) is 0.490. The lowest BCUT2D eigenvalue weighted by Crippen LogP contribution is -2.38. The molecule has 2 aromatic rings. The van der Waals surface area contributed by atoms with E-state index in [2.05, 4.69) is 8.75 Å². The van der Waals surface area contributed by atoms with Crippen LogP contribution in [0.25, 0.3) is 11.0 Å². The molecule has 1 saturated heterocycles. The fourth-order valence-corrected chi connectivity index (χ4v) is 3.44. The third-order valence-electron chi connectivity index (χ3n) is 4.15. The summed E-state index contributed by atoms with van der Waals surface area (Å²) < 4.78 is 7.88. The van der Waals surface area contributed by atoms with Crippen molar-refractivity contribution in [2.24, 2.45) is 5.92 Å². The summed E-state index contributed by atoms with van der Waals surface area (Å²) in [5, 5.41) is 20.0. The minimum atomic E-state index is -0.836. The van der Waals surface area contributed by atoms with Crippen molar-refractivity contribution in [2.75, 3.05) is 13.1 Å². The van der Waals surface area contributed by atoms with Crippen molar-refractivity contribution in [1.29, 1.82) is 0 Å². The third kappa shape index (κ3) is 3.18. The number of aliphatic carboxylic acids is 1. The average Bonchev–Trinajstić information content (AvgIpc) is 3.01. The predicted octanol–water partition coefficient (Wildman–Crippen LogP) is 1.93. The van der Waals surface area contributed by atoms with E-state index in [1.807, 2.05) is 0 Å². The van der Waals surface area contributed by atoms with Crippen molar-refractivity contribution in [1.82, 2.24) is 13.6 Å². The van der Waals surface area contributed by atoms with Crippen LogP contribution in [0.1, 0.15) is 29.6 Å². The summed E-state index contributed by atoms with van der Waals surface area (Å²) in [4.78, 5) is 35.6. The van der Waals surface area contributed by atoms with Crippen molar-refractivity contribution < 1.29 is 19.6 Å². The van der Waals surface area contributed by atoms with Gasteiger partial charge in [-0.2, -0.15) is 8.75 Å². The quantitative estimate of drug-likeness (QED) is 0.659. The lowest BCUT2D eigenvalue weighted by molar-refractivity contribution is -0.383. The number of nitrogens with zero attached hydrogens (tertiary/aromatic N) is 4. The molecular formula is C14H14N4O5S. The number of aromatic nitrogens is 2. The zero-order valence-corrected chi connectivity index (χ0v) is 13.4. The van der Waals surface area contributed by atoms with Crippen LogP contribution in [0.5, 0.6) is 0 Å². The number of benzene rings is 1. The van der Waals surface area contributed by atoms with E-state index in [1.165, 1.54) is 12.1 Å². The van der Waals surface area contributed by atoms with Crippen LogP contribution in [0.15, 0.2) is 12.1 Å². The summed E-state index contributed by atoms with van der Waals surface area (Å²) in [6, 6.07) is 2.74. The Morgan fingerprint density at radius 2 is 2.04 bits per heavy atom. The van der Waals surface area contributed by atoms with E-state index < -0.39 is 10.9 Å². The molecule has 0 atom stereocenters. The van der Waals surface area contributed by atoms with E-state index >= 15 is 0 Å². The number of carbonyl (C=O) groups excluding carboxylic acids is 1. The van der Waals surface area contributed by atoms with Crippen LogP contribution in [-0.2, 0) is 4.79 Å². The largest absolute Gasteiger partial charge is 0.481 e. The number of hydrogen-bond donors (Lipinski definition) is 1. The normalized spacial score (nSPS) is 15.6. The van der Waals surface area contributed by atoms with Crippen LogP contribution >= 0.6 is 11.7 Å². The molecule has 126 valence electrons. The van der Waals surface area contributed by atoms with E-state index in [1.54, 1.807) is 4.90 Å². The van der Waals surface area contributed by atoms with Gasteiger partial charge in [0.1, 0.15) is 5.52 Å². The number of nitro groups is 1. The number of carbonyl (C=O) groups is 2. The van der Waals surface area contributed by atoms with Gasteiger partial charge < -0.3 is 10.0 Å². The molecule has 0 bridgehead atoms. The maximum atomic E-state index is 12.6. The first-order valence-electron chi connectivity index (χ1n) is 7.37. The van der Waals surface area contributed by atoms with Crippen LogP contribution in [-0.4, -0.2) is 48.6 Å². The molecule has 9 nitrogen and oxygen atoms in total. The van der Waals surface area contributed by atoms with Gasteiger partial charge in [0.25, 0.3) is 11.6 Å². The Hall–Kier alpha value is -2.62. The number of amides is 1. The van der Waals surface area contributed by atoms with E-state index in [0.29, 0.717) is 31.4 Å². The molecule has 1 aliphatic rings. The number of piperidine rings is 1. The first-order chi connectivity index (χ1) is 11.5. The Morgan fingerprint density at radius 3 is 2.67 bits per heavy atom. The van der Waals surface area contributed by atoms with Gasteiger partial charge >= 0.3 is 5.97 Å². The fourth-order valence-electron chi connectivity index (χ4n) is 2.90. The third-order valence-corrected chi connectivity index (χ3v) is 4.69. The second kappa shape index (κ2) is 6.48. The second-order valence-electron chi connectivity index (χ2n) is 5.72. The van der Waals surface area contributed by atoms with Crippen LogP contribution in [0.4, 0.5) is 5.69 Å². The molecule has 24 heavy (non-hydrogen) atoms. The summed E-state index contributed by atoms with van der Waals surface area (Å²) in [7, 11) is 0. The maximum Gasteiger partial charge on any atom is 0.303 e. The zero-order valence-electron chi connectivity index (χ0n) is 12.5. The molecule has 0 radical (unpaired) electrons. The summed E-state index contributed by atoms with van der Waals surface area (Å²) >= 11 is 0.861. The molecule has 1 aliphatic heterocycles. The Balaban J connectivity index is 1.79. The van der Waals surface area contributed by atoms with Crippen molar-refractivity contribution in [2.45, 2.75) is 19.3 Å². The molecule has 10 heteroatoms. The first kappa shape index (κ1) is 16.2. The Morgan fingerprint density at radius 1 is 1.33 bits per heavy atom. The van der Waals surface area contributed by atoms with Crippen LogP contribution in [0, 0.1) is 16.0 Å². The molecule has 1 fully saturated rings. The number of fused-ring (bicyclic) bond motifs is 1. The molecule has 0 unspecified atom stereocenters. The molecule has 0 aliphatic carbocycles. The van der Waals surface area contributed by atoms with Crippen molar-refractivity contribution in [3.8, 4) is 0 Å². The molecule has 1 amide bonds. The molecule has 2 heterocycles. The molecular weight excluding hydrogens is 336 g/mol. The number of rotatable bonds is 4. The summed E-state index contributed by atoms with van der Waals surface area (Å²) in [6.07, 6.45) is 1.32. The lowest BCUT2D eigenvalue weighted by Gasteiger charge is -2.31. The minimum absolute atomic E-state index is 0.0612. The highest BCUT2D eigenvalue weighted by atomic mass is 32.1. The first-order valence-corrected chi connectivity index (χ1v) is 8.10. The zero-order chi connectivity index (χ0) is 17.3. The minimum Gasteiger partial charge on any atom is -0.481 e. The van der Waals surface area contributed by atoms with Gasteiger partial charge in [0, 0.05) is 31.1 Å². The number of hydrogen-bond acceptors (Lipinski definition) is 7. The SMILES string of the molecule is O=C(O)CC1CCN(C(=O)c2cc([N+](=O)[O-])c3nsnc3c2)CC1. The lowest BCUT2D eigenvalue weighted by atomic mass is 9.93. The predicted molar refractivity (Wildman–Crippen MR) is 84.9 cm³/mol. The second-order valence-corrected chi connectivity index (χ2v) is 6.25.